The Morgan fingerprint density at radius 1 is 1.03 bits per heavy atom. The number of carbonyl (C=O) groups is 2. The summed E-state index contributed by atoms with van der Waals surface area (Å²) < 4.78 is 27.5. The number of aryl methyl sites for hydroxylation is 1. The van der Waals surface area contributed by atoms with Gasteiger partial charge in [0.25, 0.3) is 0 Å². The SMILES string of the molecule is CCCc1c(OC)c(Cl)c2oc(Cc3ccc(OCC(=O)OCC)cc3)c(C)c2c1C(=O)OCC. The molecule has 0 aliphatic carbocycles. The van der Waals surface area contributed by atoms with Crippen LogP contribution in [0.15, 0.2) is 28.7 Å². The molecule has 1 heterocycles. The number of carbonyl (C=O) groups excluding carboxylic acids is 2. The summed E-state index contributed by atoms with van der Waals surface area (Å²) in [4.78, 5) is 24.5. The molecule has 8 heteroatoms. The molecule has 0 aliphatic heterocycles. The molecule has 0 bridgehead atoms. The Hall–Kier alpha value is -3.19. The molecule has 0 unspecified atom stereocenters. The molecule has 0 fully saturated rings. The molecule has 0 spiro atoms. The zero-order valence-electron chi connectivity index (χ0n) is 20.8. The first-order valence-electron chi connectivity index (χ1n) is 11.7. The Labute approximate surface area is 210 Å². The van der Waals surface area contributed by atoms with Crippen molar-refractivity contribution in [2.24, 2.45) is 0 Å². The van der Waals surface area contributed by atoms with E-state index in [0.29, 0.717) is 58.3 Å². The topological polar surface area (TPSA) is 84.2 Å². The summed E-state index contributed by atoms with van der Waals surface area (Å²) in [5.74, 6) is 0.844. The van der Waals surface area contributed by atoms with E-state index in [1.165, 1.54) is 7.11 Å². The first-order chi connectivity index (χ1) is 16.9. The van der Waals surface area contributed by atoms with Gasteiger partial charge < -0.3 is 23.4 Å². The molecule has 0 aliphatic rings. The van der Waals surface area contributed by atoms with Crippen molar-refractivity contribution in [2.75, 3.05) is 26.9 Å². The number of esters is 2. The second-order valence-corrected chi connectivity index (χ2v) is 8.32. The molecule has 1 aromatic heterocycles. The number of hydrogen-bond acceptors (Lipinski definition) is 7. The van der Waals surface area contributed by atoms with Crippen molar-refractivity contribution in [3.8, 4) is 11.5 Å². The van der Waals surface area contributed by atoms with Crippen molar-refractivity contribution in [1.82, 2.24) is 0 Å². The number of ether oxygens (including phenoxy) is 4. The van der Waals surface area contributed by atoms with E-state index in [0.717, 1.165) is 23.1 Å². The van der Waals surface area contributed by atoms with Crippen LogP contribution in [0.4, 0.5) is 0 Å². The molecular formula is C27H31ClO7. The summed E-state index contributed by atoms with van der Waals surface area (Å²) in [6.07, 6.45) is 1.89. The molecule has 188 valence electrons. The van der Waals surface area contributed by atoms with Gasteiger partial charge in [-0.3, -0.25) is 0 Å². The minimum Gasteiger partial charge on any atom is -0.495 e. The Kier molecular flexibility index (Phi) is 9.04. The van der Waals surface area contributed by atoms with Crippen LogP contribution in [0.5, 0.6) is 11.5 Å². The number of hydrogen-bond donors (Lipinski definition) is 0. The van der Waals surface area contributed by atoms with Crippen molar-refractivity contribution in [3.05, 3.63) is 57.3 Å². The molecule has 3 aromatic rings. The minimum absolute atomic E-state index is 0.146. The van der Waals surface area contributed by atoms with Crippen LogP contribution in [0.3, 0.4) is 0 Å². The van der Waals surface area contributed by atoms with Crippen LogP contribution < -0.4 is 9.47 Å². The highest BCUT2D eigenvalue weighted by Crippen LogP contribution is 2.44. The smallest absolute Gasteiger partial charge is 0.344 e. The molecule has 0 amide bonds. The third-order valence-electron chi connectivity index (χ3n) is 5.60. The van der Waals surface area contributed by atoms with Gasteiger partial charge in [-0.15, -0.1) is 0 Å². The maximum atomic E-state index is 13.0. The summed E-state index contributed by atoms with van der Waals surface area (Å²) >= 11 is 6.70. The van der Waals surface area contributed by atoms with E-state index in [-0.39, 0.29) is 13.2 Å². The van der Waals surface area contributed by atoms with Crippen LogP contribution >= 0.6 is 11.6 Å². The van der Waals surface area contributed by atoms with Crippen LogP contribution in [0.25, 0.3) is 11.0 Å². The second-order valence-electron chi connectivity index (χ2n) is 7.94. The molecule has 0 saturated carbocycles. The lowest BCUT2D eigenvalue weighted by Crippen LogP contribution is -2.14. The van der Waals surface area contributed by atoms with Crippen LogP contribution in [0, 0.1) is 6.92 Å². The van der Waals surface area contributed by atoms with Gasteiger partial charge in [-0.05, 0) is 50.5 Å². The molecule has 0 saturated heterocycles. The lowest BCUT2D eigenvalue weighted by atomic mass is 9.95. The maximum absolute atomic E-state index is 13.0. The van der Waals surface area contributed by atoms with Crippen molar-refractivity contribution in [3.63, 3.8) is 0 Å². The lowest BCUT2D eigenvalue weighted by Gasteiger charge is -2.16. The first kappa shape index (κ1) is 26.4. The fraction of sp³-hybridized carbons (Fsp3) is 0.407. The highest BCUT2D eigenvalue weighted by Gasteiger charge is 2.29. The summed E-state index contributed by atoms with van der Waals surface area (Å²) in [5.41, 5.74) is 3.37. The summed E-state index contributed by atoms with van der Waals surface area (Å²) in [5, 5.41) is 0.998. The number of methoxy groups -OCH3 is 1. The second kappa shape index (κ2) is 12.0. The van der Waals surface area contributed by atoms with Gasteiger partial charge >= 0.3 is 11.9 Å². The largest absolute Gasteiger partial charge is 0.495 e. The van der Waals surface area contributed by atoms with Crippen molar-refractivity contribution < 1.29 is 33.0 Å². The summed E-state index contributed by atoms with van der Waals surface area (Å²) in [7, 11) is 1.53. The van der Waals surface area contributed by atoms with Gasteiger partial charge in [0.15, 0.2) is 12.2 Å². The average Bonchev–Trinajstić information content (AvgIpc) is 3.15. The van der Waals surface area contributed by atoms with Crippen LogP contribution in [-0.4, -0.2) is 38.9 Å². The summed E-state index contributed by atoms with van der Waals surface area (Å²) in [6, 6.07) is 7.35. The molecular weight excluding hydrogens is 472 g/mol. The Morgan fingerprint density at radius 2 is 1.71 bits per heavy atom. The normalized spacial score (nSPS) is 10.9. The number of benzene rings is 2. The molecule has 35 heavy (non-hydrogen) atoms. The molecule has 7 nitrogen and oxygen atoms in total. The highest BCUT2D eigenvalue weighted by atomic mass is 35.5. The van der Waals surface area contributed by atoms with Crippen LogP contribution in [0.1, 0.15) is 60.0 Å². The van der Waals surface area contributed by atoms with Gasteiger partial charge in [0, 0.05) is 17.4 Å². The van der Waals surface area contributed by atoms with Gasteiger partial charge in [-0.1, -0.05) is 37.1 Å². The fourth-order valence-corrected chi connectivity index (χ4v) is 4.37. The summed E-state index contributed by atoms with van der Waals surface area (Å²) in [6.45, 7) is 7.88. The van der Waals surface area contributed by atoms with Crippen molar-refractivity contribution >= 4 is 34.5 Å². The van der Waals surface area contributed by atoms with Crippen LogP contribution in [0.2, 0.25) is 5.02 Å². The fourth-order valence-electron chi connectivity index (χ4n) is 4.05. The molecule has 0 N–H and O–H groups in total. The molecule has 3 rings (SSSR count). The van der Waals surface area contributed by atoms with E-state index < -0.39 is 11.9 Å². The Balaban J connectivity index is 1.99. The van der Waals surface area contributed by atoms with Crippen LogP contribution in [-0.2, 0) is 27.1 Å². The van der Waals surface area contributed by atoms with Gasteiger partial charge in [0.2, 0.25) is 0 Å². The molecule has 0 atom stereocenters. The quantitative estimate of drug-likeness (QED) is 0.294. The lowest BCUT2D eigenvalue weighted by molar-refractivity contribution is -0.145. The zero-order chi connectivity index (χ0) is 25.5. The third kappa shape index (κ3) is 5.73. The standard InChI is InChI=1S/C27H31ClO7/c1-6-9-19-23(27(30)33-8-3)22-16(4)20(35-26(22)24(28)25(19)31-5)14-17-10-12-18(13-11-17)34-15-21(29)32-7-2/h10-13H,6-9,14-15H2,1-5H3. The first-order valence-corrected chi connectivity index (χ1v) is 12.1. The number of halogens is 1. The van der Waals surface area contributed by atoms with Crippen molar-refractivity contribution in [1.29, 1.82) is 0 Å². The van der Waals surface area contributed by atoms with E-state index in [1.54, 1.807) is 26.0 Å². The highest BCUT2D eigenvalue weighted by molar-refractivity contribution is 6.37. The van der Waals surface area contributed by atoms with E-state index in [2.05, 4.69) is 0 Å². The third-order valence-corrected chi connectivity index (χ3v) is 5.95. The van der Waals surface area contributed by atoms with Crippen molar-refractivity contribution in [2.45, 2.75) is 47.0 Å². The number of rotatable bonds is 11. The Bertz CT molecular complexity index is 1190. The van der Waals surface area contributed by atoms with E-state index >= 15 is 0 Å². The minimum atomic E-state index is -0.422. The predicted octanol–water partition coefficient (Wildman–Crippen LogP) is 6.07. The molecule has 2 aromatic carbocycles. The zero-order valence-corrected chi connectivity index (χ0v) is 21.5. The average molecular weight is 503 g/mol. The van der Waals surface area contributed by atoms with E-state index in [4.69, 9.17) is 35.0 Å². The molecule has 0 radical (unpaired) electrons. The van der Waals surface area contributed by atoms with Gasteiger partial charge in [0.1, 0.15) is 22.3 Å². The number of furan rings is 1. The van der Waals surface area contributed by atoms with Gasteiger partial charge in [0.05, 0.1) is 25.9 Å². The number of fused-ring (bicyclic) bond motifs is 1. The van der Waals surface area contributed by atoms with Gasteiger partial charge in [-0.2, -0.15) is 0 Å². The van der Waals surface area contributed by atoms with E-state index in [9.17, 15) is 9.59 Å². The monoisotopic (exact) mass is 502 g/mol. The predicted molar refractivity (Wildman–Crippen MR) is 134 cm³/mol. The van der Waals surface area contributed by atoms with E-state index in [1.807, 2.05) is 26.0 Å². The maximum Gasteiger partial charge on any atom is 0.344 e. The van der Waals surface area contributed by atoms with Gasteiger partial charge in [-0.25, -0.2) is 9.59 Å². The Morgan fingerprint density at radius 3 is 2.31 bits per heavy atom.